The number of aryl methyl sites for hydroxylation is 2. The van der Waals surface area contributed by atoms with Crippen LogP contribution in [0.15, 0.2) is 95.0 Å². The number of aromatic nitrogens is 2. The lowest BCUT2D eigenvalue weighted by Crippen LogP contribution is -2.14. The quantitative estimate of drug-likeness (QED) is 0.228. The molecule has 2 heterocycles. The van der Waals surface area contributed by atoms with E-state index in [-0.39, 0.29) is 37.8 Å². The molecule has 0 fully saturated rings. The van der Waals surface area contributed by atoms with Crippen molar-refractivity contribution in [1.29, 1.82) is 10.5 Å². The van der Waals surface area contributed by atoms with Gasteiger partial charge in [-0.15, -0.1) is 0 Å². The number of nitrogens with two attached hydrogens (primary N) is 2. The molecule has 4 rings (SSSR count). The van der Waals surface area contributed by atoms with Gasteiger partial charge in [-0.25, -0.2) is 9.97 Å². The van der Waals surface area contributed by atoms with Crippen LogP contribution in [-0.2, 0) is 20.2 Å². The molecule has 236 valence electrons. The number of pyridine rings is 2. The second-order valence-corrected chi connectivity index (χ2v) is 11.2. The molecule has 2 aromatic carbocycles. The van der Waals surface area contributed by atoms with Gasteiger partial charge < -0.3 is 16.9 Å². The lowest BCUT2D eigenvalue weighted by atomic mass is 10.2. The van der Waals surface area contributed by atoms with E-state index in [9.17, 15) is 26.4 Å². The first kappa shape index (κ1) is 39.4. The summed E-state index contributed by atoms with van der Waals surface area (Å²) >= 11 is 0. The molecule has 0 atom stereocenters. The number of amides is 2. The number of rotatable bonds is 4. The van der Waals surface area contributed by atoms with E-state index in [1.54, 1.807) is 36.4 Å². The molecule has 2 amide bonds. The van der Waals surface area contributed by atoms with Crippen molar-refractivity contribution in [2.75, 3.05) is 0 Å². The van der Waals surface area contributed by atoms with Gasteiger partial charge >= 0.3 is 0 Å². The van der Waals surface area contributed by atoms with Gasteiger partial charge in [0.1, 0.15) is 23.5 Å². The molecule has 0 aliphatic heterocycles. The van der Waals surface area contributed by atoms with E-state index >= 15 is 0 Å². The Morgan fingerprint density at radius 3 is 1.13 bits per heavy atom. The summed E-state index contributed by atoms with van der Waals surface area (Å²) in [7, 11) is -8.04. The number of carbonyl (C=O) groups excluding carboxylic acids is 2. The van der Waals surface area contributed by atoms with E-state index in [0.717, 1.165) is 11.1 Å². The van der Waals surface area contributed by atoms with E-state index in [1.807, 2.05) is 26.0 Å². The minimum Gasteiger partial charge on any atom is -0.412 e. The van der Waals surface area contributed by atoms with Gasteiger partial charge in [0.15, 0.2) is 0 Å². The van der Waals surface area contributed by atoms with Crippen LogP contribution in [0.25, 0.3) is 0 Å². The van der Waals surface area contributed by atoms with Crippen molar-refractivity contribution >= 4 is 32.1 Å². The predicted octanol–water partition coefficient (Wildman–Crippen LogP) is 1.76. The summed E-state index contributed by atoms with van der Waals surface area (Å²) in [5, 5.41) is 16.9. The molecule has 0 aliphatic carbocycles. The molecule has 8 N–H and O–H groups in total. The van der Waals surface area contributed by atoms with Gasteiger partial charge in [0.2, 0.25) is 0 Å². The van der Waals surface area contributed by atoms with Crippen molar-refractivity contribution in [1.82, 2.24) is 9.97 Å². The average Bonchev–Trinajstić information content (AvgIpc) is 2.97. The Balaban J connectivity index is 0.000000569. The number of nitriles is 2. The van der Waals surface area contributed by atoms with Crippen LogP contribution < -0.4 is 11.5 Å². The van der Waals surface area contributed by atoms with Crippen molar-refractivity contribution in [3.05, 3.63) is 119 Å². The van der Waals surface area contributed by atoms with Gasteiger partial charge in [-0.05, 0) is 62.4 Å². The molecule has 0 saturated carbocycles. The van der Waals surface area contributed by atoms with Gasteiger partial charge in [-0.1, -0.05) is 35.4 Å². The van der Waals surface area contributed by atoms with Crippen LogP contribution in [0.5, 0.6) is 0 Å². The van der Waals surface area contributed by atoms with Crippen molar-refractivity contribution in [2.24, 2.45) is 11.5 Å². The second kappa shape index (κ2) is 18.2. The molecule has 0 bridgehead atoms. The van der Waals surface area contributed by atoms with E-state index < -0.39 is 32.1 Å². The van der Waals surface area contributed by atoms with E-state index in [1.165, 1.54) is 48.8 Å². The van der Waals surface area contributed by atoms with Crippen molar-refractivity contribution in [3.8, 4) is 12.1 Å². The smallest absolute Gasteiger partial charge is 0.294 e. The Labute approximate surface area is 259 Å². The molecular weight excluding hydrogens is 628 g/mol. The van der Waals surface area contributed by atoms with Crippen LogP contribution in [-0.4, -0.2) is 53.2 Å². The van der Waals surface area contributed by atoms with Gasteiger partial charge in [0.25, 0.3) is 32.1 Å². The predicted molar refractivity (Wildman–Crippen MR) is 161 cm³/mol. The average molecular weight is 657 g/mol. The lowest BCUT2D eigenvalue weighted by Gasteiger charge is -1.95. The zero-order valence-electron chi connectivity index (χ0n) is 23.7. The normalized spacial score (nSPS) is 9.82. The van der Waals surface area contributed by atoms with Gasteiger partial charge in [-0.3, -0.25) is 18.7 Å². The summed E-state index contributed by atoms with van der Waals surface area (Å²) in [6, 6.07) is 21.7. The van der Waals surface area contributed by atoms with Crippen LogP contribution in [0.3, 0.4) is 0 Å². The van der Waals surface area contributed by atoms with Crippen LogP contribution in [0.1, 0.15) is 43.2 Å². The van der Waals surface area contributed by atoms with Crippen molar-refractivity contribution < 1.29 is 41.0 Å². The molecule has 17 heteroatoms. The summed E-state index contributed by atoms with van der Waals surface area (Å²) < 4.78 is 59.1. The first-order valence-corrected chi connectivity index (χ1v) is 14.8. The Morgan fingerprint density at radius 1 is 0.644 bits per heavy atom. The maximum Gasteiger partial charge on any atom is 0.294 e. The highest BCUT2D eigenvalue weighted by molar-refractivity contribution is 7.86. The molecule has 4 aromatic rings. The first-order valence-electron chi connectivity index (χ1n) is 11.9. The fraction of sp³-hybridized carbons (Fsp3) is 0.0714. The zero-order valence-corrected chi connectivity index (χ0v) is 25.3. The van der Waals surface area contributed by atoms with E-state index in [0.29, 0.717) is 0 Å². The van der Waals surface area contributed by atoms with Gasteiger partial charge in [-0.2, -0.15) is 27.4 Å². The minimum atomic E-state index is -4.02. The minimum absolute atomic E-state index is 0. The van der Waals surface area contributed by atoms with Crippen LogP contribution in [0.4, 0.5) is 0 Å². The number of benzene rings is 2. The van der Waals surface area contributed by atoms with Crippen LogP contribution in [0.2, 0.25) is 0 Å². The number of carbonyl (C=O) groups is 2. The summed E-state index contributed by atoms with van der Waals surface area (Å²) in [6.07, 6.45) is 2.84. The first-order chi connectivity index (χ1) is 20.5. The number of hydrogen-bond donors (Lipinski definition) is 4. The highest BCUT2D eigenvalue weighted by atomic mass is 32.2. The zero-order chi connectivity index (χ0) is 33.5. The Kier molecular flexibility index (Phi) is 15.9. The third-order valence-corrected chi connectivity index (χ3v) is 6.70. The number of hydrogen-bond acceptors (Lipinski definition) is 10. The molecule has 0 aliphatic rings. The van der Waals surface area contributed by atoms with Crippen LogP contribution >= 0.6 is 0 Å². The fourth-order valence-corrected chi connectivity index (χ4v) is 3.76. The molecule has 0 spiro atoms. The molecule has 0 unspecified atom stereocenters. The molecule has 45 heavy (non-hydrogen) atoms. The summed E-state index contributed by atoms with van der Waals surface area (Å²) in [5.41, 5.74) is 12.3. The molecule has 2 aromatic heterocycles. The molecule has 0 saturated heterocycles. The summed E-state index contributed by atoms with van der Waals surface area (Å²) in [4.78, 5) is 28.3. The maximum absolute atomic E-state index is 10.6. The monoisotopic (exact) mass is 656 g/mol. The highest BCUT2D eigenvalue weighted by Crippen LogP contribution is 2.09. The highest BCUT2D eigenvalue weighted by Gasteiger charge is 2.09. The second-order valence-electron chi connectivity index (χ2n) is 8.33. The van der Waals surface area contributed by atoms with Gasteiger partial charge in [0, 0.05) is 12.4 Å². The summed E-state index contributed by atoms with van der Waals surface area (Å²) in [6.45, 7) is 3.68. The van der Waals surface area contributed by atoms with Crippen molar-refractivity contribution in [2.45, 2.75) is 23.6 Å². The molecule has 15 nitrogen and oxygen atoms in total. The topological polar surface area (TPSA) is 300 Å². The van der Waals surface area contributed by atoms with E-state index in [4.69, 9.17) is 31.1 Å². The SMILES string of the molecule is Cc1ccc(S(=O)(=O)O)cc1.Cc1ccc(S(=O)(=O)O)cc1.N#Cc1cccnc1C(N)=O.N#Cc1cccnc1C(N)=O.O. The molecular formula is C28H28N6O9S2. The fourth-order valence-electron chi connectivity index (χ4n) is 2.80. The standard InChI is InChI=1S/2C7H5N3O.2C7H8O3S.H2O/c2*8-4-5-2-1-3-10-6(5)7(9)11;2*1-6-2-4-7(5-3-6)11(8,9)10;/h2*1-3H,(H2,9,11);2*2-5H,1H3,(H,8,9,10);1H2. The third-order valence-electron chi connectivity index (χ3n) is 4.96. The van der Waals surface area contributed by atoms with Gasteiger partial charge in [0.05, 0.1) is 20.9 Å². The number of primary amides is 2. The molecule has 0 radical (unpaired) electrons. The van der Waals surface area contributed by atoms with Crippen molar-refractivity contribution in [3.63, 3.8) is 0 Å². The van der Waals surface area contributed by atoms with Crippen LogP contribution in [0, 0.1) is 36.5 Å². The Hall–Kier alpha value is -5.56. The maximum atomic E-state index is 10.6. The van der Waals surface area contributed by atoms with E-state index in [2.05, 4.69) is 9.97 Å². The third kappa shape index (κ3) is 14.0. The largest absolute Gasteiger partial charge is 0.412 e. The Bertz CT molecular complexity index is 1760. The summed E-state index contributed by atoms with van der Waals surface area (Å²) in [5.74, 6) is -1.36. The number of nitrogens with zero attached hydrogens (tertiary/aromatic N) is 4. The Morgan fingerprint density at radius 2 is 0.933 bits per heavy atom. The lowest BCUT2D eigenvalue weighted by molar-refractivity contribution is 0.0987.